The molecule has 4 unspecified atom stereocenters. The number of hydrogen-bond donors (Lipinski definition) is 2. The van der Waals surface area contributed by atoms with E-state index in [1.807, 2.05) is 4.90 Å². The number of ketones is 3. The van der Waals surface area contributed by atoms with E-state index in [1.165, 1.54) is 13.2 Å². The van der Waals surface area contributed by atoms with E-state index in [2.05, 4.69) is 5.32 Å². The van der Waals surface area contributed by atoms with Gasteiger partial charge in [-0.2, -0.15) is 0 Å². The van der Waals surface area contributed by atoms with Crippen LogP contribution in [0.15, 0.2) is 18.2 Å². The van der Waals surface area contributed by atoms with Crippen LogP contribution in [0.2, 0.25) is 0 Å². The maximum absolute atomic E-state index is 13.9. The minimum atomic E-state index is -0.922. The molecule has 1 aromatic carbocycles. The third-order valence-electron chi connectivity index (χ3n) is 8.88. The van der Waals surface area contributed by atoms with Gasteiger partial charge in [-0.15, -0.1) is 0 Å². The Morgan fingerprint density at radius 1 is 1.14 bits per heavy atom. The van der Waals surface area contributed by atoms with Crippen molar-refractivity contribution in [3.63, 3.8) is 0 Å². The molecular weight excluding hydrogens is 540 g/mol. The normalized spacial score (nSPS) is 23.1. The number of rotatable bonds is 16. The van der Waals surface area contributed by atoms with Gasteiger partial charge >= 0.3 is 0 Å². The summed E-state index contributed by atoms with van der Waals surface area (Å²) in [7, 11) is 1.45. The number of methoxy groups -OCH3 is 1. The molecule has 0 radical (unpaired) electrons. The van der Waals surface area contributed by atoms with E-state index in [0.717, 1.165) is 25.7 Å². The van der Waals surface area contributed by atoms with E-state index >= 15 is 0 Å². The average Bonchev–Trinajstić information content (AvgIpc) is 3.50. The maximum atomic E-state index is 13.9. The summed E-state index contributed by atoms with van der Waals surface area (Å²) in [6, 6.07) is 3.94. The Balaban J connectivity index is 1.46. The van der Waals surface area contributed by atoms with Crippen molar-refractivity contribution in [1.82, 2.24) is 10.2 Å². The van der Waals surface area contributed by atoms with Gasteiger partial charge in [0.15, 0.2) is 23.1 Å². The number of nitrogens with zero attached hydrogens (tertiary/aromatic N) is 1. The zero-order chi connectivity index (χ0) is 30.3. The molecule has 42 heavy (non-hydrogen) atoms. The first-order valence-corrected chi connectivity index (χ1v) is 15.3. The summed E-state index contributed by atoms with van der Waals surface area (Å²) in [5.41, 5.74) is -0.196. The second-order valence-corrected chi connectivity index (χ2v) is 12.4. The van der Waals surface area contributed by atoms with Crippen LogP contribution in [0.1, 0.15) is 64.4 Å². The van der Waals surface area contributed by atoms with Gasteiger partial charge in [0, 0.05) is 37.8 Å². The number of carbonyl (C=O) groups is 4. The van der Waals surface area contributed by atoms with Crippen molar-refractivity contribution in [2.24, 2.45) is 17.8 Å². The number of ether oxygens (including phenoxy) is 3. The van der Waals surface area contributed by atoms with Crippen molar-refractivity contribution in [3.8, 4) is 11.5 Å². The molecule has 232 valence electrons. The van der Waals surface area contributed by atoms with E-state index < -0.39 is 29.4 Å². The van der Waals surface area contributed by atoms with Crippen LogP contribution in [0.4, 0.5) is 0 Å². The molecule has 10 heteroatoms. The van der Waals surface area contributed by atoms with Crippen molar-refractivity contribution < 1.29 is 38.5 Å². The van der Waals surface area contributed by atoms with E-state index in [0.29, 0.717) is 56.6 Å². The Morgan fingerprint density at radius 2 is 1.83 bits per heavy atom. The fourth-order valence-corrected chi connectivity index (χ4v) is 6.16. The molecule has 1 saturated carbocycles. The van der Waals surface area contributed by atoms with Crippen molar-refractivity contribution in [2.75, 3.05) is 46.6 Å². The first-order chi connectivity index (χ1) is 20.1. The average molecular weight is 587 g/mol. The summed E-state index contributed by atoms with van der Waals surface area (Å²) in [6.45, 7) is 6.63. The predicted molar refractivity (Wildman–Crippen MR) is 155 cm³/mol. The van der Waals surface area contributed by atoms with Gasteiger partial charge in [-0.05, 0) is 43.4 Å². The summed E-state index contributed by atoms with van der Waals surface area (Å²) in [4.78, 5) is 55.3. The molecule has 2 aliphatic heterocycles. The van der Waals surface area contributed by atoms with Crippen molar-refractivity contribution in [1.29, 1.82) is 0 Å². The highest BCUT2D eigenvalue weighted by Crippen LogP contribution is 2.37. The first kappa shape index (κ1) is 32.1. The van der Waals surface area contributed by atoms with E-state index in [1.54, 1.807) is 26.0 Å². The molecule has 1 aromatic rings. The number of epoxide rings is 1. The summed E-state index contributed by atoms with van der Waals surface area (Å²) in [6.07, 6.45) is 5.21. The zero-order valence-corrected chi connectivity index (χ0v) is 25.2. The van der Waals surface area contributed by atoms with E-state index in [-0.39, 0.29) is 48.9 Å². The van der Waals surface area contributed by atoms with Gasteiger partial charge in [-0.1, -0.05) is 38.7 Å². The Labute approximate surface area is 248 Å². The number of amides is 1. The minimum Gasteiger partial charge on any atom is -0.504 e. The lowest BCUT2D eigenvalue weighted by atomic mass is 9.81. The van der Waals surface area contributed by atoms with Crippen LogP contribution in [0.3, 0.4) is 0 Å². The largest absolute Gasteiger partial charge is 0.504 e. The predicted octanol–water partition coefficient (Wildman–Crippen LogP) is 2.87. The highest BCUT2D eigenvalue weighted by Gasteiger charge is 2.50. The Hall–Kier alpha value is -2.82. The Bertz CT molecular complexity index is 1120. The van der Waals surface area contributed by atoms with Gasteiger partial charge in [-0.25, -0.2) is 0 Å². The monoisotopic (exact) mass is 586 g/mol. The lowest BCUT2D eigenvalue weighted by Crippen LogP contribution is -2.46. The molecule has 3 aliphatic rings. The number of aromatic hydroxyl groups is 1. The number of phenols is 1. The first-order valence-electron chi connectivity index (χ1n) is 15.3. The van der Waals surface area contributed by atoms with Crippen LogP contribution < -0.4 is 10.1 Å². The minimum absolute atomic E-state index is 0.00566. The van der Waals surface area contributed by atoms with Gasteiger partial charge in [0.05, 0.1) is 39.5 Å². The SMILES string of the molecule is COc1ccc(CC(NC(=O)C(C)CC(=O)CN2CCOCC2)C(=O)CC(CC2CCCC2)C(=O)C2(C)CO2)cc1O. The molecule has 4 rings (SSSR count). The second-order valence-electron chi connectivity index (χ2n) is 12.4. The number of morpholine rings is 1. The molecule has 2 saturated heterocycles. The van der Waals surface area contributed by atoms with Gasteiger partial charge in [0.25, 0.3) is 0 Å². The third kappa shape index (κ3) is 8.84. The van der Waals surface area contributed by atoms with E-state index in [4.69, 9.17) is 14.2 Å². The lowest BCUT2D eigenvalue weighted by molar-refractivity contribution is -0.134. The van der Waals surface area contributed by atoms with Gasteiger partial charge in [0.2, 0.25) is 5.91 Å². The number of benzene rings is 1. The maximum Gasteiger partial charge on any atom is 0.223 e. The number of carbonyl (C=O) groups excluding carboxylic acids is 4. The van der Waals surface area contributed by atoms with Crippen molar-refractivity contribution in [3.05, 3.63) is 23.8 Å². The zero-order valence-electron chi connectivity index (χ0n) is 25.2. The van der Waals surface area contributed by atoms with Crippen LogP contribution in [0, 0.1) is 17.8 Å². The molecule has 4 atom stereocenters. The summed E-state index contributed by atoms with van der Waals surface area (Å²) in [5, 5.41) is 13.2. The third-order valence-corrected chi connectivity index (χ3v) is 8.88. The second kappa shape index (κ2) is 14.6. The Morgan fingerprint density at radius 3 is 2.45 bits per heavy atom. The molecule has 2 N–H and O–H groups in total. The van der Waals surface area contributed by atoms with Crippen molar-refractivity contribution in [2.45, 2.75) is 76.9 Å². The molecule has 0 spiro atoms. The van der Waals surface area contributed by atoms with Crippen LogP contribution in [-0.4, -0.2) is 91.5 Å². The number of Topliss-reactive ketones (excluding diaryl/α,β-unsaturated/α-hetero) is 3. The number of phenolic OH excluding ortho intramolecular Hbond substituents is 1. The topological polar surface area (TPSA) is 135 Å². The molecule has 1 aliphatic carbocycles. The quantitative estimate of drug-likeness (QED) is 0.280. The van der Waals surface area contributed by atoms with Crippen LogP contribution in [-0.2, 0) is 35.1 Å². The fourth-order valence-electron chi connectivity index (χ4n) is 6.16. The van der Waals surface area contributed by atoms with Crippen LogP contribution in [0.5, 0.6) is 11.5 Å². The molecule has 1 amide bonds. The number of hydrogen-bond acceptors (Lipinski definition) is 9. The Kier molecular flexibility index (Phi) is 11.1. The molecule has 2 heterocycles. The highest BCUT2D eigenvalue weighted by molar-refractivity contribution is 5.97. The van der Waals surface area contributed by atoms with Crippen LogP contribution >= 0.6 is 0 Å². The van der Waals surface area contributed by atoms with Gasteiger partial charge in [-0.3, -0.25) is 24.1 Å². The summed E-state index contributed by atoms with van der Waals surface area (Å²) in [5.74, 6) is -1.20. The molecular formula is C32H46N2O8. The molecule has 0 aromatic heterocycles. The molecule has 10 nitrogen and oxygen atoms in total. The lowest BCUT2D eigenvalue weighted by Gasteiger charge is -2.26. The van der Waals surface area contributed by atoms with Gasteiger partial charge < -0.3 is 24.6 Å². The van der Waals surface area contributed by atoms with Crippen molar-refractivity contribution >= 4 is 23.3 Å². The van der Waals surface area contributed by atoms with Crippen LogP contribution in [0.25, 0.3) is 0 Å². The number of nitrogens with one attached hydrogen (secondary N) is 1. The van der Waals surface area contributed by atoms with E-state index in [9.17, 15) is 24.3 Å². The summed E-state index contributed by atoms with van der Waals surface area (Å²) >= 11 is 0. The smallest absolute Gasteiger partial charge is 0.223 e. The summed E-state index contributed by atoms with van der Waals surface area (Å²) < 4.78 is 15.9. The van der Waals surface area contributed by atoms with Gasteiger partial charge in [0.1, 0.15) is 11.4 Å². The molecule has 0 bridgehead atoms. The highest BCUT2D eigenvalue weighted by atomic mass is 16.6. The standard InChI is InChI=1S/C32H46N2O8/c1-21(14-25(35)19-34-10-12-41-13-11-34)31(39)33-26(16-23-8-9-29(40-3)28(37)17-23)27(36)18-24(15-22-6-4-5-7-22)30(38)32(2)20-42-32/h8-9,17,21-22,24,26,37H,4-7,10-16,18-20H2,1-3H3,(H,33,39). The fraction of sp³-hybridized carbons (Fsp3) is 0.688. The molecule has 3 fully saturated rings.